The number of hydrogen-bond donors (Lipinski definition) is 2. The standard InChI is InChI=1S/C16H27NO2/c17-10-9-16(18)14-7-4-8-15(11-14)19-12-13-5-2-1-3-6-13/h8,11,13,16,18H,1-7,9-10,12,17H2/t16-/m1/s1. The fourth-order valence-corrected chi connectivity index (χ4v) is 2.97. The third-order valence-electron chi connectivity index (χ3n) is 4.18. The summed E-state index contributed by atoms with van der Waals surface area (Å²) in [7, 11) is 0. The molecule has 2 rings (SSSR count). The lowest BCUT2D eigenvalue weighted by atomic mass is 9.90. The molecule has 2 aliphatic rings. The molecule has 3 heteroatoms. The average molecular weight is 265 g/mol. The molecule has 0 heterocycles. The van der Waals surface area contributed by atoms with Crippen LogP contribution in [0.3, 0.4) is 0 Å². The zero-order valence-corrected chi connectivity index (χ0v) is 11.8. The van der Waals surface area contributed by atoms with Gasteiger partial charge in [-0.15, -0.1) is 0 Å². The van der Waals surface area contributed by atoms with E-state index in [1.165, 1.54) is 32.1 Å². The van der Waals surface area contributed by atoms with Gasteiger partial charge in [0.1, 0.15) is 5.76 Å². The van der Waals surface area contributed by atoms with Gasteiger partial charge in [0.25, 0.3) is 0 Å². The zero-order valence-electron chi connectivity index (χ0n) is 11.8. The van der Waals surface area contributed by atoms with Crippen LogP contribution in [-0.2, 0) is 4.74 Å². The molecule has 0 saturated heterocycles. The van der Waals surface area contributed by atoms with Crippen LogP contribution in [0.4, 0.5) is 0 Å². The summed E-state index contributed by atoms with van der Waals surface area (Å²) in [4.78, 5) is 0. The normalized spacial score (nSPS) is 22.6. The first kappa shape index (κ1) is 14.6. The highest BCUT2D eigenvalue weighted by Gasteiger charge is 2.17. The van der Waals surface area contributed by atoms with Gasteiger partial charge in [-0.05, 0) is 62.3 Å². The van der Waals surface area contributed by atoms with Crippen LogP contribution in [0.25, 0.3) is 0 Å². The van der Waals surface area contributed by atoms with E-state index >= 15 is 0 Å². The molecule has 1 fully saturated rings. The summed E-state index contributed by atoms with van der Waals surface area (Å²) >= 11 is 0. The van der Waals surface area contributed by atoms with Crippen molar-refractivity contribution in [2.24, 2.45) is 11.7 Å². The molecule has 2 aliphatic carbocycles. The number of ether oxygens (including phenoxy) is 1. The smallest absolute Gasteiger partial charge is 0.115 e. The number of rotatable bonds is 6. The highest BCUT2D eigenvalue weighted by molar-refractivity contribution is 5.26. The maximum Gasteiger partial charge on any atom is 0.115 e. The molecule has 1 saturated carbocycles. The van der Waals surface area contributed by atoms with Crippen LogP contribution in [-0.4, -0.2) is 24.4 Å². The quantitative estimate of drug-likeness (QED) is 0.776. The van der Waals surface area contributed by atoms with Crippen LogP contribution in [0, 0.1) is 5.92 Å². The van der Waals surface area contributed by atoms with Gasteiger partial charge in [-0.3, -0.25) is 0 Å². The molecular weight excluding hydrogens is 238 g/mol. The monoisotopic (exact) mass is 265 g/mol. The van der Waals surface area contributed by atoms with Crippen molar-refractivity contribution in [1.82, 2.24) is 0 Å². The number of allylic oxidation sites excluding steroid dienone is 2. The second kappa shape index (κ2) is 7.71. The molecule has 1 atom stereocenters. The van der Waals surface area contributed by atoms with Crippen LogP contribution in [0.15, 0.2) is 23.5 Å². The van der Waals surface area contributed by atoms with E-state index in [4.69, 9.17) is 10.5 Å². The minimum absolute atomic E-state index is 0.396. The Balaban J connectivity index is 1.80. The Labute approximate surface area is 116 Å². The van der Waals surface area contributed by atoms with E-state index in [-0.39, 0.29) is 0 Å². The van der Waals surface area contributed by atoms with Gasteiger partial charge in [-0.1, -0.05) is 19.3 Å². The molecule has 0 aromatic heterocycles. The van der Waals surface area contributed by atoms with Crippen LogP contribution in [0.1, 0.15) is 51.4 Å². The van der Waals surface area contributed by atoms with Gasteiger partial charge in [0.15, 0.2) is 0 Å². The minimum atomic E-state index is -0.396. The molecular formula is C16H27NO2. The van der Waals surface area contributed by atoms with Crippen molar-refractivity contribution in [1.29, 1.82) is 0 Å². The lowest BCUT2D eigenvalue weighted by Gasteiger charge is -2.24. The molecule has 0 unspecified atom stereocenters. The lowest BCUT2D eigenvalue weighted by Crippen LogP contribution is -2.18. The molecule has 0 radical (unpaired) electrons. The van der Waals surface area contributed by atoms with Crippen LogP contribution >= 0.6 is 0 Å². The van der Waals surface area contributed by atoms with Gasteiger partial charge >= 0.3 is 0 Å². The Bertz CT molecular complexity index is 330. The first-order valence-electron chi connectivity index (χ1n) is 7.71. The second-order valence-electron chi connectivity index (χ2n) is 5.77. The Kier molecular flexibility index (Phi) is 5.93. The summed E-state index contributed by atoms with van der Waals surface area (Å²) in [6, 6.07) is 0. The number of hydrogen-bond acceptors (Lipinski definition) is 3. The SMILES string of the molecule is NCC[C@@H](O)C1=CC(OCC2CCCCC2)=CCC1. The lowest BCUT2D eigenvalue weighted by molar-refractivity contribution is 0.146. The van der Waals surface area contributed by atoms with Crippen molar-refractivity contribution >= 4 is 0 Å². The summed E-state index contributed by atoms with van der Waals surface area (Å²) in [5.41, 5.74) is 6.57. The molecule has 0 aromatic carbocycles. The summed E-state index contributed by atoms with van der Waals surface area (Å²) < 4.78 is 5.92. The Morgan fingerprint density at radius 1 is 1.32 bits per heavy atom. The highest BCUT2D eigenvalue weighted by atomic mass is 16.5. The summed E-state index contributed by atoms with van der Waals surface area (Å²) in [5.74, 6) is 1.67. The summed E-state index contributed by atoms with van der Waals surface area (Å²) in [6.45, 7) is 1.36. The Morgan fingerprint density at radius 3 is 2.84 bits per heavy atom. The van der Waals surface area contributed by atoms with Gasteiger partial charge in [0.2, 0.25) is 0 Å². The van der Waals surface area contributed by atoms with E-state index in [1.54, 1.807) is 0 Å². The largest absolute Gasteiger partial charge is 0.494 e. The van der Waals surface area contributed by atoms with Crippen molar-refractivity contribution in [3.63, 3.8) is 0 Å². The topological polar surface area (TPSA) is 55.5 Å². The predicted octanol–water partition coefficient (Wildman–Crippen LogP) is 2.90. The molecule has 108 valence electrons. The van der Waals surface area contributed by atoms with Crippen LogP contribution in [0.5, 0.6) is 0 Å². The van der Waals surface area contributed by atoms with Crippen molar-refractivity contribution in [2.45, 2.75) is 57.5 Å². The maximum atomic E-state index is 9.98. The maximum absolute atomic E-state index is 9.98. The minimum Gasteiger partial charge on any atom is -0.494 e. The van der Waals surface area contributed by atoms with Gasteiger partial charge in [-0.25, -0.2) is 0 Å². The van der Waals surface area contributed by atoms with Crippen LogP contribution in [0.2, 0.25) is 0 Å². The summed E-state index contributed by atoms with van der Waals surface area (Å²) in [5, 5.41) is 9.98. The molecule has 19 heavy (non-hydrogen) atoms. The average Bonchev–Trinajstić information content (AvgIpc) is 2.47. The van der Waals surface area contributed by atoms with E-state index in [2.05, 4.69) is 6.08 Å². The number of nitrogens with two attached hydrogens (primary N) is 1. The van der Waals surface area contributed by atoms with E-state index in [0.717, 1.165) is 36.7 Å². The van der Waals surface area contributed by atoms with E-state index in [0.29, 0.717) is 13.0 Å². The third kappa shape index (κ3) is 4.66. The number of aliphatic hydroxyl groups excluding tert-OH is 1. The Morgan fingerprint density at radius 2 is 2.11 bits per heavy atom. The molecule has 0 aliphatic heterocycles. The molecule has 0 amide bonds. The molecule has 3 N–H and O–H groups in total. The van der Waals surface area contributed by atoms with Gasteiger partial charge in [0.05, 0.1) is 12.7 Å². The number of aliphatic hydroxyl groups is 1. The second-order valence-corrected chi connectivity index (χ2v) is 5.77. The van der Waals surface area contributed by atoms with Gasteiger partial charge in [-0.2, -0.15) is 0 Å². The predicted molar refractivity (Wildman–Crippen MR) is 77.6 cm³/mol. The van der Waals surface area contributed by atoms with Gasteiger partial charge < -0.3 is 15.6 Å². The van der Waals surface area contributed by atoms with Crippen LogP contribution < -0.4 is 5.73 Å². The van der Waals surface area contributed by atoms with Crippen molar-refractivity contribution < 1.29 is 9.84 Å². The fraction of sp³-hybridized carbons (Fsp3) is 0.750. The Hall–Kier alpha value is -0.800. The van der Waals surface area contributed by atoms with Crippen molar-refractivity contribution in [3.05, 3.63) is 23.5 Å². The van der Waals surface area contributed by atoms with Gasteiger partial charge in [0, 0.05) is 0 Å². The molecule has 0 spiro atoms. The zero-order chi connectivity index (χ0) is 13.5. The molecule has 0 bridgehead atoms. The first-order chi connectivity index (χ1) is 9.29. The first-order valence-corrected chi connectivity index (χ1v) is 7.71. The highest BCUT2D eigenvalue weighted by Crippen LogP contribution is 2.26. The summed E-state index contributed by atoms with van der Waals surface area (Å²) in [6.07, 6.45) is 13.0. The van der Waals surface area contributed by atoms with E-state index in [9.17, 15) is 5.11 Å². The van der Waals surface area contributed by atoms with E-state index in [1.807, 2.05) is 6.08 Å². The van der Waals surface area contributed by atoms with Crippen molar-refractivity contribution in [3.8, 4) is 0 Å². The third-order valence-corrected chi connectivity index (χ3v) is 4.18. The molecule has 0 aromatic rings. The fourth-order valence-electron chi connectivity index (χ4n) is 2.97. The van der Waals surface area contributed by atoms with Crippen molar-refractivity contribution in [2.75, 3.05) is 13.2 Å². The van der Waals surface area contributed by atoms with E-state index < -0.39 is 6.10 Å². The molecule has 3 nitrogen and oxygen atoms in total.